The number of para-hydroxylation sites is 2. The highest BCUT2D eigenvalue weighted by atomic mass is 19.3. The van der Waals surface area contributed by atoms with Gasteiger partial charge in [-0.1, -0.05) is 12.1 Å². The van der Waals surface area contributed by atoms with Gasteiger partial charge in [-0.25, -0.2) is 4.79 Å². The number of aryl methyl sites for hydroxylation is 1. The largest absolute Gasteiger partial charge is 0.433 e. The number of amides is 2. The maximum Gasteiger partial charge on any atom is 0.387 e. The number of carbonyl (C=O) groups excluding carboxylic acids is 1. The molecule has 1 aromatic carbocycles. The van der Waals surface area contributed by atoms with Gasteiger partial charge in [-0.05, 0) is 18.6 Å². The maximum absolute atomic E-state index is 12.6. The Morgan fingerprint density at radius 2 is 2.22 bits per heavy atom. The van der Waals surface area contributed by atoms with Gasteiger partial charge in [-0.3, -0.25) is 4.68 Å². The van der Waals surface area contributed by atoms with Gasteiger partial charge >= 0.3 is 12.6 Å². The molecule has 2 amide bonds. The summed E-state index contributed by atoms with van der Waals surface area (Å²) in [6.45, 7) is -1.22. The van der Waals surface area contributed by atoms with Crippen LogP contribution >= 0.6 is 0 Å². The molecule has 0 saturated carbocycles. The quantitative estimate of drug-likeness (QED) is 0.838. The van der Waals surface area contributed by atoms with Crippen molar-refractivity contribution in [3.8, 4) is 5.75 Å². The highest BCUT2D eigenvalue weighted by Gasteiger charge is 2.27. The smallest absolute Gasteiger partial charge is 0.387 e. The Kier molecular flexibility index (Phi) is 5.78. The van der Waals surface area contributed by atoms with Crippen LogP contribution in [0, 0.1) is 0 Å². The Morgan fingerprint density at radius 1 is 1.44 bits per heavy atom. The van der Waals surface area contributed by atoms with Crippen molar-refractivity contribution in [1.82, 2.24) is 20.0 Å². The van der Waals surface area contributed by atoms with Crippen LogP contribution in [0.5, 0.6) is 5.75 Å². The summed E-state index contributed by atoms with van der Waals surface area (Å²) in [6.07, 6.45) is 4.32. The number of aromatic nitrogens is 2. The second-order valence-electron chi connectivity index (χ2n) is 6.61. The fraction of sp³-hybridized carbons (Fsp3) is 0.444. The van der Waals surface area contributed by atoms with Crippen molar-refractivity contribution in [1.29, 1.82) is 0 Å². The van der Waals surface area contributed by atoms with Crippen LogP contribution in [0.15, 0.2) is 36.7 Å². The van der Waals surface area contributed by atoms with Crippen LogP contribution in [-0.4, -0.2) is 53.5 Å². The van der Waals surface area contributed by atoms with Gasteiger partial charge in [-0.15, -0.1) is 0 Å². The lowest BCUT2D eigenvalue weighted by Gasteiger charge is -2.23. The van der Waals surface area contributed by atoms with Gasteiger partial charge < -0.3 is 19.9 Å². The third-order valence-electron chi connectivity index (χ3n) is 4.46. The Bertz CT molecular complexity index is 783. The molecule has 2 heterocycles. The van der Waals surface area contributed by atoms with Crippen molar-refractivity contribution in [2.75, 3.05) is 25.0 Å². The molecule has 27 heavy (non-hydrogen) atoms. The first-order valence-electron chi connectivity index (χ1n) is 8.70. The number of rotatable bonds is 6. The number of ether oxygens (including phenoxy) is 1. The predicted octanol–water partition coefficient (Wildman–Crippen LogP) is 2.44. The summed E-state index contributed by atoms with van der Waals surface area (Å²) in [5.74, 6) is 0.146. The fourth-order valence-corrected chi connectivity index (χ4v) is 3.19. The number of alkyl halides is 2. The summed E-state index contributed by atoms with van der Waals surface area (Å²) < 4.78 is 31.5. The molecule has 1 aromatic heterocycles. The number of benzene rings is 1. The zero-order valence-electron chi connectivity index (χ0n) is 15.3. The number of urea groups is 1. The van der Waals surface area contributed by atoms with Crippen molar-refractivity contribution < 1.29 is 18.3 Å². The second kappa shape index (κ2) is 8.24. The molecule has 146 valence electrons. The average molecular weight is 379 g/mol. The summed E-state index contributed by atoms with van der Waals surface area (Å²) in [5, 5.41) is 7.09. The molecular weight excluding hydrogens is 356 g/mol. The SMILES string of the molecule is CN(Cc1cnn(C)c1)C(=O)NC1CCN(c2ccccc2OC(F)F)C1. The van der Waals surface area contributed by atoms with E-state index in [2.05, 4.69) is 15.2 Å². The molecule has 1 saturated heterocycles. The minimum absolute atomic E-state index is 0.0616. The number of carbonyl (C=O) groups is 1. The summed E-state index contributed by atoms with van der Waals surface area (Å²) in [7, 11) is 3.55. The molecule has 1 atom stereocenters. The van der Waals surface area contributed by atoms with Crippen LogP contribution in [0.2, 0.25) is 0 Å². The Hall–Kier alpha value is -2.84. The monoisotopic (exact) mass is 379 g/mol. The van der Waals surface area contributed by atoms with E-state index in [4.69, 9.17) is 0 Å². The van der Waals surface area contributed by atoms with Crippen LogP contribution in [0.1, 0.15) is 12.0 Å². The van der Waals surface area contributed by atoms with E-state index < -0.39 is 6.61 Å². The van der Waals surface area contributed by atoms with Crippen LogP contribution in [0.3, 0.4) is 0 Å². The van der Waals surface area contributed by atoms with Crippen LogP contribution in [-0.2, 0) is 13.6 Å². The van der Waals surface area contributed by atoms with Gasteiger partial charge in [0.15, 0.2) is 0 Å². The molecule has 1 aliphatic heterocycles. The number of anilines is 1. The molecule has 1 unspecified atom stereocenters. The Balaban J connectivity index is 1.56. The van der Waals surface area contributed by atoms with Gasteiger partial charge in [-0.2, -0.15) is 13.9 Å². The van der Waals surface area contributed by atoms with E-state index in [0.29, 0.717) is 25.3 Å². The first-order chi connectivity index (χ1) is 12.9. The zero-order chi connectivity index (χ0) is 19.4. The lowest BCUT2D eigenvalue weighted by molar-refractivity contribution is -0.0495. The van der Waals surface area contributed by atoms with Gasteiger partial charge in [0.2, 0.25) is 0 Å². The summed E-state index contributed by atoms with van der Waals surface area (Å²) in [4.78, 5) is 15.9. The van der Waals surface area contributed by atoms with Crippen molar-refractivity contribution in [3.63, 3.8) is 0 Å². The molecule has 2 aromatic rings. The summed E-state index contributed by atoms with van der Waals surface area (Å²) in [5.41, 5.74) is 1.56. The molecule has 0 spiro atoms. The molecule has 9 heteroatoms. The first-order valence-corrected chi connectivity index (χ1v) is 8.70. The van der Waals surface area contributed by atoms with Crippen molar-refractivity contribution in [3.05, 3.63) is 42.2 Å². The number of nitrogens with one attached hydrogen (secondary N) is 1. The minimum Gasteiger partial charge on any atom is -0.433 e. The Morgan fingerprint density at radius 3 is 2.93 bits per heavy atom. The van der Waals surface area contributed by atoms with Gasteiger partial charge in [0.1, 0.15) is 5.75 Å². The van der Waals surface area contributed by atoms with Crippen molar-refractivity contribution >= 4 is 11.7 Å². The number of hydrogen-bond donors (Lipinski definition) is 1. The maximum atomic E-state index is 12.6. The fourth-order valence-electron chi connectivity index (χ4n) is 3.19. The molecule has 1 fully saturated rings. The van der Waals surface area contributed by atoms with Gasteiger partial charge in [0.05, 0.1) is 18.4 Å². The molecule has 0 radical (unpaired) electrons. The summed E-state index contributed by atoms with van der Waals surface area (Å²) in [6, 6.07) is 6.47. The van der Waals surface area contributed by atoms with E-state index in [1.165, 1.54) is 6.07 Å². The number of hydrogen-bond acceptors (Lipinski definition) is 4. The van der Waals surface area contributed by atoms with E-state index in [9.17, 15) is 13.6 Å². The highest BCUT2D eigenvalue weighted by Crippen LogP contribution is 2.31. The average Bonchev–Trinajstić information content (AvgIpc) is 3.24. The van der Waals surface area contributed by atoms with Gasteiger partial charge in [0, 0.05) is 45.0 Å². The third-order valence-corrected chi connectivity index (χ3v) is 4.46. The lowest BCUT2D eigenvalue weighted by atomic mass is 10.2. The van der Waals surface area contributed by atoms with E-state index in [1.54, 1.807) is 41.0 Å². The highest BCUT2D eigenvalue weighted by molar-refractivity contribution is 5.74. The molecule has 1 N–H and O–H groups in total. The van der Waals surface area contributed by atoms with E-state index in [-0.39, 0.29) is 17.8 Å². The van der Waals surface area contributed by atoms with Crippen molar-refractivity contribution in [2.45, 2.75) is 25.6 Å². The van der Waals surface area contributed by atoms with Crippen molar-refractivity contribution in [2.24, 2.45) is 7.05 Å². The molecule has 0 aliphatic carbocycles. The lowest BCUT2D eigenvalue weighted by Crippen LogP contribution is -2.43. The van der Waals surface area contributed by atoms with E-state index >= 15 is 0 Å². The minimum atomic E-state index is -2.87. The molecular formula is C18H23F2N5O2. The van der Waals surface area contributed by atoms with Crippen LogP contribution < -0.4 is 15.0 Å². The summed E-state index contributed by atoms with van der Waals surface area (Å²) >= 11 is 0. The normalized spacial score (nSPS) is 16.6. The molecule has 1 aliphatic rings. The van der Waals surface area contributed by atoms with Crippen LogP contribution in [0.25, 0.3) is 0 Å². The first kappa shape index (κ1) is 18.9. The molecule has 3 rings (SSSR count). The van der Waals surface area contributed by atoms with Crippen LogP contribution in [0.4, 0.5) is 19.3 Å². The molecule has 7 nitrogen and oxygen atoms in total. The zero-order valence-corrected chi connectivity index (χ0v) is 15.3. The molecule has 0 bridgehead atoms. The number of halogens is 2. The predicted molar refractivity (Wildman–Crippen MR) is 96.9 cm³/mol. The van der Waals surface area contributed by atoms with E-state index in [1.807, 2.05) is 18.1 Å². The topological polar surface area (TPSA) is 62.6 Å². The Labute approximate surface area is 156 Å². The third kappa shape index (κ3) is 4.87. The number of nitrogens with zero attached hydrogens (tertiary/aromatic N) is 4. The standard InChI is InChI=1S/C18H23F2N5O2/c1-23(10-13-9-21-24(2)11-13)18(26)22-14-7-8-25(12-14)15-5-3-4-6-16(15)27-17(19)20/h3-6,9,11,14,17H,7-8,10,12H2,1-2H3,(H,22,26). The van der Waals surface area contributed by atoms with E-state index in [0.717, 1.165) is 12.0 Å². The van der Waals surface area contributed by atoms with Gasteiger partial charge in [0.25, 0.3) is 0 Å². The second-order valence-corrected chi connectivity index (χ2v) is 6.61.